The molecule has 1 aromatic carbocycles. The lowest BCUT2D eigenvalue weighted by Crippen LogP contribution is -2.31. The number of para-hydroxylation sites is 1. The Morgan fingerprint density at radius 1 is 1.42 bits per heavy atom. The summed E-state index contributed by atoms with van der Waals surface area (Å²) in [5, 5.41) is 6.14. The molecule has 1 fully saturated rings. The van der Waals surface area contributed by atoms with Crippen LogP contribution in [0.4, 0.5) is 5.69 Å². The number of imidazole rings is 1. The summed E-state index contributed by atoms with van der Waals surface area (Å²) in [5.41, 5.74) is 2.71. The Labute approximate surface area is 142 Å². The molecule has 6 nitrogen and oxygen atoms in total. The van der Waals surface area contributed by atoms with E-state index >= 15 is 0 Å². The van der Waals surface area contributed by atoms with Gasteiger partial charge in [-0.25, -0.2) is 4.98 Å². The first-order valence-corrected chi connectivity index (χ1v) is 8.43. The van der Waals surface area contributed by atoms with Crippen molar-refractivity contribution >= 4 is 11.6 Å². The van der Waals surface area contributed by atoms with Gasteiger partial charge in [-0.05, 0) is 37.9 Å². The van der Waals surface area contributed by atoms with E-state index in [2.05, 4.69) is 25.5 Å². The minimum absolute atomic E-state index is 0.0115. The van der Waals surface area contributed by atoms with Gasteiger partial charge < -0.3 is 15.6 Å². The van der Waals surface area contributed by atoms with Crippen LogP contribution >= 0.6 is 0 Å². The highest BCUT2D eigenvalue weighted by molar-refractivity contribution is 5.99. The highest BCUT2D eigenvalue weighted by atomic mass is 16.1. The molecule has 1 amide bonds. The molecule has 1 aliphatic heterocycles. The molecule has 2 aromatic rings. The number of aryl methyl sites for hydroxylation is 1. The van der Waals surface area contributed by atoms with Crippen molar-refractivity contribution < 1.29 is 4.79 Å². The minimum Gasteiger partial charge on any atom is -0.387 e. The highest BCUT2D eigenvalue weighted by Gasteiger charge is 2.23. The van der Waals surface area contributed by atoms with Crippen LogP contribution in [0.25, 0.3) is 0 Å². The third-order valence-electron chi connectivity index (χ3n) is 4.51. The van der Waals surface area contributed by atoms with E-state index in [0.717, 1.165) is 49.8 Å². The van der Waals surface area contributed by atoms with Gasteiger partial charge in [-0.3, -0.25) is 9.69 Å². The van der Waals surface area contributed by atoms with Gasteiger partial charge in [0.05, 0.1) is 5.56 Å². The van der Waals surface area contributed by atoms with Gasteiger partial charge in [0, 0.05) is 44.3 Å². The maximum atomic E-state index is 12.4. The smallest absolute Gasteiger partial charge is 0.253 e. The molecular formula is C18H25N5O. The van der Waals surface area contributed by atoms with Crippen molar-refractivity contribution in [2.24, 2.45) is 5.92 Å². The second-order valence-corrected chi connectivity index (χ2v) is 6.39. The van der Waals surface area contributed by atoms with Gasteiger partial charge in [-0.15, -0.1) is 0 Å². The lowest BCUT2D eigenvalue weighted by atomic mass is 10.1. The van der Waals surface area contributed by atoms with Crippen LogP contribution in [0.5, 0.6) is 0 Å². The Hall–Kier alpha value is -2.34. The predicted octanol–water partition coefficient (Wildman–Crippen LogP) is 2.01. The fraction of sp³-hybridized carbons (Fsp3) is 0.444. The molecule has 1 atom stereocenters. The van der Waals surface area contributed by atoms with Crippen molar-refractivity contribution in [2.75, 3.05) is 32.0 Å². The number of hydrogen-bond acceptors (Lipinski definition) is 4. The molecule has 1 aliphatic rings. The molecule has 3 rings (SSSR count). The molecule has 0 spiro atoms. The van der Waals surface area contributed by atoms with Gasteiger partial charge in [0.2, 0.25) is 0 Å². The quantitative estimate of drug-likeness (QED) is 0.759. The molecule has 1 saturated heterocycles. The number of hydrogen-bond donors (Lipinski definition) is 3. The molecule has 1 aromatic heterocycles. The van der Waals surface area contributed by atoms with Crippen LogP contribution in [0.1, 0.15) is 28.3 Å². The number of rotatable bonds is 6. The van der Waals surface area contributed by atoms with E-state index in [-0.39, 0.29) is 5.91 Å². The first kappa shape index (κ1) is 16.5. The lowest BCUT2D eigenvalue weighted by molar-refractivity contribution is 0.0948. The zero-order valence-electron chi connectivity index (χ0n) is 14.3. The van der Waals surface area contributed by atoms with E-state index in [4.69, 9.17) is 0 Å². The van der Waals surface area contributed by atoms with E-state index in [0.29, 0.717) is 11.5 Å². The van der Waals surface area contributed by atoms with Crippen molar-refractivity contribution in [2.45, 2.75) is 19.9 Å². The minimum atomic E-state index is -0.0115. The van der Waals surface area contributed by atoms with Crippen molar-refractivity contribution in [3.8, 4) is 0 Å². The summed E-state index contributed by atoms with van der Waals surface area (Å²) in [4.78, 5) is 22.3. The number of H-pyrrole nitrogens is 1. The monoisotopic (exact) mass is 327 g/mol. The average Bonchev–Trinajstić information content (AvgIpc) is 3.21. The van der Waals surface area contributed by atoms with Gasteiger partial charge >= 0.3 is 0 Å². The van der Waals surface area contributed by atoms with Crippen molar-refractivity contribution in [1.29, 1.82) is 0 Å². The summed E-state index contributed by atoms with van der Waals surface area (Å²) < 4.78 is 0. The number of carbonyl (C=O) groups is 1. The van der Waals surface area contributed by atoms with Crippen LogP contribution in [0.3, 0.4) is 0 Å². The molecule has 0 saturated carbocycles. The van der Waals surface area contributed by atoms with Crippen LogP contribution in [-0.2, 0) is 6.54 Å². The van der Waals surface area contributed by atoms with E-state index in [1.165, 1.54) is 0 Å². The zero-order valence-corrected chi connectivity index (χ0v) is 14.3. The molecular weight excluding hydrogens is 302 g/mol. The average molecular weight is 327 g/mol. The summed E-state index contributed by atoms with van der Waals surface area (Å²) in [6.45, 7) is 5.65. The number of carbonyl (C=O) groups excluding carboxylic acids is 1. The number of aromatic amines is 1. The van der Waals surface area contributed by atoms with E-state index in [1.54, 1.807) is 0 Å². The van der Waals surface area contributed by atoms with Gasteiger partial charge in [0.1, 0.15) is 5.82 Å². The van der Waals surface area contributed by atoms with E-state index in [9.17, 15) is 4.79 Å². The zero-order chi connectivity index (χ0) is 16.9. The number of amides is 1. The Kier molecular flexibility index (Phi) is 5.15. The molecule has 0 unspecified atom stereocenters. The third-order valence-corrected chi connectivity index (χ3v) is 4.51. The topological polar surface area (TPSA) is 73.1 Å². The Bertz CT molecular complexity index is 696. The summed E-state index contributed by atoms with van der Waals surface area (Å²) >= 11 is 0. The van der Waals surface area contributed by atoms with Crippen molar-refractivity contribution in [3.05, 3.63) is 47.5 Å². The molecule has 2 heterocycles. The Morgan fingerprint density at radius 2 is 2.25 bits per heavy atom. The largest absolute Gasteiger partial charge is 0.387 e. The van der Waals surface area contributed by atoms with Crippen molar-refractivity contribution in [1.82, 2.24) is 20.2 Å². The van der Waals surface area contributed by atoms with Crippen LogP contribution in [-0.4, -0.2) is 47.5 Å². The van der Waals surface area contributed by atoms with Crippen LogP contribution < -0.4 is 10.6 Å². The van der Waals surface area contributed by atoms with Crippen LogP contribution in [0.15, 0.2) is 30.5 Å². The number of benzene rings is 1. The third kappa shape index (κ3) is 3.94. The van der Waals surface area contributed by atoms with Crippen LogP contribution in [0, 0.1) is 12.8 Å². The summed E-state index contributed by atoms with van der Waals surface area (Å²) in [7, 11) is 1.83. The number of anilines is 1. The molecule has 128 valence electrons. The van der Waals surface area contributed by atoms with Gasteiger partial charge in [0.25, 0.3) is 5.91 Å². The number of aromatic nitrogens is 2. The molecule has 0 radical (unpaired) electrons. The maximum absolute atomic E-state index is 12.4. The van der Waals surface area contributed by atoms with Gasteiger partial charge in [-0.2, -0.15) is 0 Å². The van der Waals surface area contributed by atoms with Gasteiger partial charge in [-0.1, -0.05) is 12.1 Å². The second kappa shape index (κ2) is 7.49. The first-order valence-electron chi connectivity index (χ1n) is 8.43. The summed E-state index contributed by atoms with van der Waals surface area (Å²) in [6.07, 6.45) is 3.01. The highest BCUT2D eigenvalue weighted by Crippen LogP contribution is 2.18. The standard InChI is InChI=1S/C18H25N5O/c1-13-20-10-15(22-13)12-23-8-7-14(11-23)9-21-18(24)16-5-3-4-6-17(16)19-2/h3-6,10,14,19H,7-9,11-12H2,1-2H3,(H,20,22)(H,21,24)/t14-/m1/s1. The molecule has 3 N–H and O–H groups in total. The molecule has 0 aliphatic carbocycles. The number of likely N-dealkylation sites (tertiary alicyclic amines) is 1. The summed E-state index contributed by atoms with van der Waals surface area (Å²) in [5.74, 6) is 1.44. The predicted molar refractivity (Wildman–Crippen MR) is 95.0 cm³/mol. The SMILES string of the molecule is CNc1ccccc1C(=O)NC[C@H]1CCN(Cc2cnc(C)[nH]2)C1. The molecule has 24 heavy (non-hydrogen) atoms. The maximum Gasteiger partial charge on any atom is 0.253 e. The summed E-state index contributed by atoms with van der Waals surface area (Å²) in [6, 6.07) is 7.58. The fourth-order valence-electron chi connectivity index (χ4n) is 3.25. The number of nitrogens with zero attached hydrogens (tertiary/aromatic N) is 2. The van der Waals surface area contributed by atoms with E-state index in [1.807, 2.05) is 44.4 Å². The second-order valence-electron chi connectivity index (χ2n) is 6.39. The first-order chi connectivity index (χ1) is 11.7. The normalized spacial score (nSPS) is 17.8. The number of nitrogens with one attached hydrogen (secondary N) is 3. The molecule has 6 heteroatoms. The van der Waals surface area contributed by atoms with E-state index < -0.39 is 0 Å². The van der Waals surface area contributed by atoms with Crippen LogP contribution in [0.2, 0.25) is 0 Å². The Morgan fingerprint density at radius 3 is 3.00 bits per heavy atom. The Balaban J connectivity index is 1.48. The van der Waals surface area contributed by atoms with Crippen molar-refractivity contribution in [3.63, 3.8) is 0 Å². The van der Waals surface area contributed by atoms with Gasteiger partial charge in [0.15, 0.2) is 0 Å². The molecule has 0 bridgehead atoms. The lowest BCUT2D eigenvalue weighted by Gasteiger charge is -2.16. The fourth-order valence-corrected chi connectivity index (χ4v) is 3.25.